The van der Waals surface area contributed by atoms with Gasteiger partial charge >= 0.3 is 6.03 Å². The van der Waals surface area contributed by atoms with E-state index in [1.165, 1.54) is 6.08 Å². The lowest BCUT2D eigenvalue weighted by Crippen LogP contribution is -2.47. The van der Waals surface area contributed by atoms with Crippen molar-refractivity contribution in [3.8, 4) is 0 Å². The summed E-state index contributed by atoms with van der Waals surface area (Å²) in [5, 5.41) is 4.61. The number of rotatable bonds is 3. The normalized spacial score (nSPS) is 18.8. The van der Waals surface area contributed by atoms with E-state index in [1.54, 1.807) is 18.5 Å². The molecule has 0 radical (unpaired) electrons. The summed E-state index contributed by atoms with van der Waals surface area (Å²) in [6.45, 7) is 3.19. The summed E-state index contributed by atoms with van der Waals surface area (Å²) in [5.41, 5.74) is 0.745. The maximum absolute atomic E-state index is 11.6. The molecule has 2 N–H and O–H groups in total. The molecule has 9 nitrogen and oxygen atoms in total. The number of carbonyl (C=O) groups is 2. The van der Waals surface area contributed by atoms with Gasteiger partial charge < -0.3 is 15.1 Å². The van der Waals surface area contributed by atoms with Crippen LogP contribution in [0.4, 0.5) is 16.6 Å². The number of nitrogens with one attached hydrogen (secondary N) is 2. The van der Waals surface area contributed by atoms with Crippen molar-refractivity contribution in [2.75, 3.05) is 36.0 Å². The second kappa shape index (κ2) is 6.79. The molecule has 2 aromatic rings. The summed E-state index contributed by atoms with van der Waals surface area (Å²) >= 11 is 0. The molecule has 4 rings (SSSR count). The minimum absolute atomic E-state index is 0.180. The number of urea groups is 1. The molecule has 4 heterocycles. The summed E-state index contributed by atoms with van der Waals surface area (Å²) in [5.74, 6) is 1.11. The SMILES string of the molecule is O=C1NC(=O)C(=Cc2ccnc(N3CCN(c4ccccn4)CC3)n2)N1. The van der Waals surface area contributed by atoms with E-state index in [1.807, 2.05) is 18.2 Å². The molecule has 2 fully saturated rings. The molecule has 0 spiro atoms. The first-order valence-corrected chi connectivity index (χ1v) is 8.27. The Hall–Kier alpha value is -3.49. The average molecular weight is 351 g/mol. The number of carbonyl (C=O) groups excluding carboxylic acids is 2. The van der Waals surface area contributed by atoms with Crippen molar-refractivity contribution >= 4 is 29.8 Å². The van der Waals surface area contributed by atoms with Gasteiger partial charge in [0.2, 0.25) is 5.95 Å². The molecule has 2 aromatic heterocycles. The summed E-state index contributed by atoms with van der Waals surface area (Å²) < 4.78 is 0. The first-order chi connectivity index (χ1) is 12.7. The van der Waals surface area contributed by atoms with Crippen LogP contribution in [0.2, 0.25) is 0 Å². The number of amides is 3. The van der Waals surface area contributed by atoms with E-state index < -0.39 is 11.9 Å². The van der Waals surface area contributed by atoms with Crippen molar-refractivity contribution < 1.29 is 9.59 Å². The molecule has 9 heteroatoms. The van der Waals surface area contributed by atoms with Gasteiger partial charge in [-0.15, -0.1) is 0 Å². The number of hydrogen-bond donors (Lipinski definition) is 2. The Morgan fingerprint density at radius 2 is 1.73 bits per heavy atom. The number of pyridine rings is 1. The Morgan fingerprint density at radius 1 is 0.923 bits per heavy atom. The highest BCUT2D eigenvalue weighted by atomic mass is 16.2. The van der Waals surface area contributed by atoms with Crippen molar-refractivity contribution in [1.82, 2.24) is 25.6 Å². The second-order valence-corrected chi connectivity index (χ2v) is 5.91. The fourth-order valence-electron chi connectivity index (χ4n) is 2.90. The van der Waals surface area contributed by atoms with Gasteiger partial charge in [-0.25, -0.2) is 19.7 Å². The zero-order valence-electron chi connectivity index (χ0n) is 13.9. The standard InChI is InChI=1S/C17H17N7O2/c25-15-13(21-17(26)22-15)11-12-4-6-19-16(20-12)24-9-7-23(8-10-24)14-3-1-2-5-18-14/h1-6,11H,7-10H2,(H2,21,22,25,26). The van der Waals surface area contributed by atoms with Gasteiger partial charge in [0, 0.05) is 38.6 Å². The zero-order valence-corrected chi connectivity index (χ0v) is 13.9. The molecule has 132 valence electrons. The molecular formula is C17H17N7O2. The lowest BCUT2D eigenvalue weighted by Gasteiger charge is -2.35. The highest BCUT2D eigenvalue weighted by Gasteiger charge is 2.23. The van der Waals surface area contributed by atoms with Crippen LogP contribution in [0, 0.1) is 0 Å². The molecule has 2 saturated heterocycles. The fraction of sp³-hybridized carbons (Fsp3) is 0.235. The lowest BCUT2D eigenvalue weighted by atomic mass is 10.3. The van der Waals surface area contributed by atoms with Crippen LogP contribution in [0.3, 0.4) is 0 Å². The Morgan fingerprint density at radius 3 is 2.42 bits per heavy atom. The van der Waals surface area contributed by atoms with Crippen LogP contribution >= 0.6 is 0 Å². The Labute approximate surface area is 149 Å². The molecule has 2 aliphatic heterocycles. The van der Waals surface area contributed by atoms with Gasteiger partial charge in [-0.1, -0.05) is 6.07 Å². The predicted octanol–water partition coefficient (Wildman–Crippen LogP) is 0.378. The molecule has 3 amide bonds. The smallest absolute Gasteiger partial charge is 0.326 e. The van der Waals surface area contributed by atoms with E-state index in [-0.39, 0.29) is 5.70 Å². The van der Waals surface area contributed by atoms with Crippen molar-refractivity contribution in [1.29, 1.82) is 0 Å². The quantitative estimate of drug-likeness (QED) is 0.608. The van der Waals surface area contributed by atoms with Crippen molar-refractivity contribution in [3.05, 3.63) is 48.1 Å². The largest absolute Gasteiger partial charge is 0.353 e. The van der Waals surface area contributed by atoms with Crippen LogP contribution in [0.5, 0.6) is 0 Å². The summed E-state index contributed by atoms with van der Waals surface area (Å²) in [6.07, 6.45) is 4.98. The van der Waals surface area contributed by atoms with Crippen LogP contribution in [-0.4, -0.2) is 53.1 Å². The molecule has 0 aromatic carbocycles. The van der Waals surface area contributed by atoms with Gasteiger partial charge in [0.15, 0.2) is 0 Å². The number of piperazine rings is 1. The number of nitrogens with zero attached hydrogens (tertiary/aromatic N) is 5. The van der Waals surface area contributed by atoms with Gasteiger partial charge in [0.25, 0.3) is 5.91 Å². The van der Waals surface area contributed by atoms with Gasteiger partial charge in [-0.2, -0.15) is 0 Å². The van der Waals surface area contributed by atoms with E-state index in [9.17, 15) is 9.59 Å². The highest BCUT2D eigenvalue weighted by molar-refractivity contribution is 6.13. The second-order valence-electron chi connectivity index (χ2n) is 5.91. The van der Waals surface area contributed by atoms with Crippen molar-refractivity contribution in [2.24, 2.45) is 0 Å². The molecule has 0 aliphatic carbocycles. The van der Waals surface area contributed by atoms with Gasteiger partial charge in [-0.3, -0.25) is 10.1 Å². The zero-order chi connectivity index (χ0) is 17.9. The van der Waals surface area contributed by atoms with Crippen LogP contribution in [0.1, 0.15) is 5.69 Å². The van der Waals surface area contributed by atoms with Crippen LogP contribution < -0.4 is 20.4 Å². The number of aromatic nitrogens is 3. The van der Waals surface area contributed by atoms with Crippen molar-refractivity contribution in [3.63, 3.8) is 0 Å². The minimum atomic E-state index is -0.527. The number of imide groups is 1. The molecule has 0 saturated carbocycles. The molecule has 0 bridgehead atoms. The van der Waals surface area contributed by atoms with E-state index in [0.717, 1.165) is 32.0 Å². The Balaban J connectivity index is 1.45. The molecule has 0 unspecified atom stereocenters. The summed E-state index contributed by atoms with van der Waals surface area (Å²) in [4.78, 5) is 40.3. The Bertz CT molecular complexity index is 860. The first kappa shape index (κ1) is 16.0. The predicted molar refractivity (Wildman–Crippen MR) is 95.3 cm³/mol. The lowest BCUT2D eigenvalue weighted by molar-refractivity contribution is -0.115. The molecule has 26 heavy (non-hydrogen) atoms. The van der Waals surface area contributed by atoms with E-state index in [0.29, 0.717) is 11.6 Å². The van der Waals surface area contributed by atoms with Gasteiger partial charge in [-0.05, 0) is 24.3 Å². The third kappa shape index (κ3) is 3.32. The highest BCUT2D eigenvalue weighted by Crippen LogP contribution is 2.16. The topological polar surface area (TPSA) is 103 Å². The number of hydrogen-bond acceptors (Lipinski definition) is 7. The summed E-state index contributed by atoms with van der Waals surface area (Å²) in [6, 6.07) is 7.05. The van der Waals surface area contributed by atoms with Crippen molar-refractivity contribution in [2.45, 2.75) is 0 Å². The number of anilines is 2. The first-order valence-electron chi connectivity index (χ1n) is 8.27. The van der Waals surface area contributed by atoms with E-state index in [4.69, 9.17) is 0 Å². The molecular weight excluding hydrogens is 334 g/mol. The van der Waals surface area contributed by atoms with Gasteiger partial charge in [0.05, 0.1) is 5.69 Å². The van der Waals surface area contributed by atoms with E-state index >= 15 is 0 Å². The Kier molecular flexibility index (Phi) is 4.18. The average Bonchev–Trinajstić information content (AvgIpc) is 3.00. The summed E-state index contributed by atoms with van der Waals surface area (Å²) in [7, 11) is 0. The minimum Gasteiger partial charge on any atom is -0.353 e. The third-order valence-electron chi connectivity index (χ3n) is 4.21. The maximum Gasteiger partial charge on any atom is 0.326 e. The third-order valence-corrected chi connectivity index (χ3v) is 4.21. The monoisotopic (exact) mass is 351 g/mol. The van der Waals surface area contributed by atoms with Gasteiger partial charge in [0.1, 0.15) is 11.5 Å². The molecule has 2 aliphatic rings. The fourth-order valence-corrected chi connectivity index (χ4v) is 2.90. The molecule has 0 atom stereocenters. The maximum atomic E-state index is 11.6. The van der Waals surface area contributed by atoms with Crippen LogP contribution in [0.25, 0.3) is 6.08 Å². The van der Waals surface area contributed by atoms with Crippen LogP contribution in [-0.2, 0) is 4.79 Å². The van der Waals surface area contributed by atoms with E-state index in [2.05, 4.69) is 35.4 Å². The van der Waals surface area contributed by atoms with Crippen LogP contribution in [0.15, 0.2) is 42.4 Å².